The molecule has 4 heterocycles. The first-order valence-corrected chi connectivity index (χ1v) is 10.3. The smallest absolute Gasteiger partial charge is 0.279 e. The lowest BCUT2D eigenvalue weighted by atomic mass is 9.96. The van der Waals surface area contributed by atoms with Gasteiger partial charge in [-0.25, -0.2) is 4.68 Å². The van der Waals surface area contributed by atoms with Crippen molar-refractivity contribution in [3.8, 4) is 23.1 Å². The van der Waals surface area contributed by atoms with E-state index in [1.807, 2.05) is 4.68 Å². The lowest BCUT2D eigenvalue weighted by Crippen LogP contribution is -2.22. The van der Waals surface area contributed by atoms with Crippen molar-refractivity contribution in [3.63, 3.8) is 0 Å². The minimum absolute atomic E-state index is 0.0518. The van der Waals surface area contributed by atoms with Crippen LogP contribution >= 0.6 is 0 Å². The molecule has 1 N–H and O–H groups in total. The van der Waals surface area contributed by atoms with Crippen molar-refractivity contribution in [2.24, 2.45) is 0 Å². The van der Waals surface area contributed by atoms with Gasteiger partial charge in [-0.1, -0.05) is 40.2 Å². The van der Waals surface area contributed by atoms with E-state index < -0.39 is 0 Å². The molecule has 0 saturated heterocycles. The molecule has 152 valence electrons. The van der Waals surface area contributed by atoms with Gasteiger partial charge in [0.15, 0.2) is 11.4 Å². The Hall–Kier alpha value is -3.33. The van der Waals surface area contributed by atoms with Crippen molar-refractivity contribution in [1.29, 1.82) is 0 Å². The highest BCUT2D eigenvalue weighted by Crippen LogP contribution is 2.32. The third kappa shape index (κ3) is 2.85. The van der Waals surface area contributed by atoms with E-state index in [0.29, 0.717) is 30.6 Å². The first-order valence-electron chi connectivity index (χ1n) is 10.3. The Morgan fingerprint density at radius 3 is 2.87 bits per heavy atom. The molecule has 9 heteroatoms. The number of rotatable bonds is 3. The highest BCUT2D eigenvalue weighted by molar-refractivity contribution is 5.59. The van der Waals surface area contributed by atoms with E-state index in [0.717, 1.165) is 36.2 Å². The van der Waals surface area contributed by atoms with Crippen LogP contribution in [0, 0.1) is 6.92 Å². The molecule has 0 fully saturated rings. The van der Waals surface area contributed by atoms with Crippen molar-refractivity contribution < 1.29 is 9.26 Å². The molecule has 4 aromatic rings. The molecule has 1 unspecified atom stereocenters. The molecular weight excluding hydrogens is 382 g/mol. The lowest BCUT2D eigenvalue weighted by Gasteiger charge is -2.24. The van der Waals surface area contributed by atoms with Gasteiger partial charge in [0, 0.05) is 11.3 Å². The first-order chi connectivity index (χ1) is 14.8. The number of H-pyrrole nitrogens is 1. The third-order valence-electron chi connectivity index (χ3n) is 5.94. The normalized spacial score (nSPS) is 18.2. The van der Waals surface area contributed by atoms with E-state index >= 15 is 0 Å². The second-order valence-corrected chi connectivity index (χ2v) is 7.94. The molecule has 1 aliphatic carbocycles. The molecule has 0 amide bonds. The summed E-state index contributed by atoms with van der Waals surface area (Å²) in [5.74, 6) is 0.830. The molecule has 6 rings (SSSR count). The molecule has 9 nitrogen and oxygen atoms in total. The van der Waals surface area contributed by atoms with E-state index in [9.17, 15) is 0 Å². The van der Waals surface area contributed by atoms with Crippen LogP contribution in [0.15, 0.2) is 28.8 Å². The van der Waals surface area contributed by atoms with Crippen molar-refractivity contribution in [2.75, 3.05) is 0 Å². The molecule has 1 atom stereocenters. The van der Waals surface area contributed by atoms with Gasteiger partial charge >= 0.3 is 0 Å². The molecular formula is C21H21N7O2. The summed E-state index contributed by atoms with van der Waals surface area (Å²) in [7, 11) is 0. The molecule has 30 heavy (non-hydrogen) atoms. The summed E-state index contributed by atoms with van der Waals surface area (Å²) in [6, 6.07) is 8.38. The zero-order chi connectivity index (χ0) is 20.1. The Balaban J connectivity index is 1.28. The van der Waals surface area contributed by atoms with Gasteiger partial charge in [0.05, 0.1) is 18.8 Å². The number of aromatic amines is 1. The molecule has 1 aromatic carbocycles. The lowest BCUT2D eigenvalue weighted by molar-refractivity contribution is -0.00112. The van der Waals surface area contributed by atoms with E-state index in [1.54, 1.807) is 0 Å². The van der Waals surface area contributed by atoms with Gasteiger partial charge in [-0.15, -0.1) is 5.10 Å². The fraction of sp³-hybridized carbons (Fsp3) is 0.381. The number of hydrogen-bond acceptors (Lipinski definition) is 7. The minimum Gasteiger partial charge on any atom is -0.365 e. The number of aromatic nitrogens is 7. The van der Waals surface area contributed by atoms with E-state index in [1.165, 1.54) is 23.2 Å². The van der Waals surface area contributed by atoms with Crippen molar-refractivity contribution in [1.82, 2.24) is 35.3 Å². The second-order valence-electron chi connectivity index (χ2n) is 7.94. The van der Waals surface area contributed by atoms with Gasteiger partial charge in [-0.2, -0.15) is 10.1 Å². The van der Waals surface area contributed by atoms with E-state index in [-0.39, 0.29) is 6.10 Å². The van der Waals surface area contributed by atoms with Crippen LogP contribution < -0.4 is 0 Å². The summed E-state index contributed by atoms with van der Waals surface area (Å²) in [6.07, 6.45) is 4.28. The number of nitrogens with one attached hydrogen (secondary N) is 1. The average molecular weight is 403 g/mol. The maximum Gasteiger partial charge on any atom is 0.279 e. The predicted octanol–water partition coefficient (Wildman–Crippen LogP) is 3.18. The van der Waals surface area contributed by atoms with Crippen molar-refractivity contribution in [3.05, 3.63) is 52.3 Å². The maximum atomic E-state index is 6.10. The summed E-state index contributed by atoms with van der Waals surface area (Å²) < 4.78 is 13.5. The second kappa shape index (κ2) is 6.88. The Morgan fingerprint density at radius 1 is 1.10 bits per heavy atom. The van der Waals surface area contributed by atoms with Crippen LogP contribution in [0.1, 0.15) is 47.0 Å². The molecule has 0 bridgehead atoms. The Bertz CT molecular complexity index is 1200. The van der Waals surface area contributed by atoms with Crippen LogP contribution in [0.2, 0.25) is 0 Å². The van der Waals surface area contributed by atoms with Crippen LogP contribution in [0.4, 0.5) is 0 Å². The van der Waals surface area contributed by atoms with E-state index in [4.69, 9.17) is 9.26 Å². The molecule has 0 radical (unpaired) electrons. The van der Waals surface area contributed by atoms with Crippen LogP contribution in [0.3, 0.4) is 0 Å². The van der Waals surface area contributed by atoms with E-state index in [2.05, 4.69) is 61.8 Å². The SMILES string of the molecule is Cc1ccc(C2Cn3nnc(-c4noc(-c5n[nH]c6c5CCCC6)n4)c3CO2)cc1. The number of nitrogens with zero attached hydrogens (tertiary/aromatic N) is 6. The zero-order valence-corrected chi connectivity index (χ0v) is 16.6. The third-order valence-corrected chi connectivity index (χ3v) is 5.94. The Labute approximate surface area is 172 Å². The van der Waals surface area contributed by atoms with Gasteiger partial charge in [0.1, 0.15) is 6.10 Å². The predicted molar refractivity (Wildman–Crippen MR) is 106 cm³/mol. The summed E-state index contributed by atoms with van der Waals surface area (Å²) in [5, 5.41) is 20.3. The topological polar surface area (TPSA) is 108 Å². The quantitative estimate of drug-likeness (QED) is 0.560. The standard InChI is InChI=1S/C21H21N7O2/c1-12-6-8-13(9-7-12)17-10-28-16(11-29-17)19(25-27-28)20-22-21(30-26-20)18-14-4-2-3-5-15(14)23-24-18/h6-9,17H,2-5,10-11H2,1H3,(H,23,24). The number of benzene rings is 1. The van der Waals surface area contributed by atoms with Gasteiger partial charge in [-0.05, 0) is 38.2 Å². The molecule has 1 aliphatic heterocycles. The number of hydrogen-bond donors (Lipinski definition) is 1. The number of fused-ring (bicyclic) bond motifs is 2. The van der Waals surface area contributed by atoms with Gasteiger partial charge < -0.3 is 9.26 Å². The summed E-state index contributed by atoms with van der Waals surface area (Å²) in [5.41, 5.74) is 6.92. The van der Waals surface area contributed by atoms with Crippen molar-refractivity contribution >= 4 is 0 Å². The fourth-order valence-corrected chi connectivity index (χ4v) is 4.24. The van der Waals surface area contributed by atoms with Crippen LogP contribution in [0.5, 0.6) is 0 Å². The first kappa shape index (κ1) is 17.5. The molecule has 2 aliphatic rings. The number of ether oxygens (including phenoxy) is 1. The van der Waals surface area contributed by atoms with Gasteiger partial charge in [0.25, 0.3) is 5.89 Å². The summed E-state index contributed by atoms with van der Waals surface area (Å²) in [4.78, 5) is 4.57. The Morgan fingerprint density at radius 2 is 1.97 bits per heavy atom. The average Bonchev–Trinajstić information content (AvgIpc) is 3.51. The molecule has 0 spiro atoms. The van der Waals surface area contributed by atoms with Crippen molar-refractivity contribution in [2.45, 2.75) is 51.9 Å². The largest absolute Gasteiger partial charge is 0.365 e. The highest BCUT2D eigenvalue weighted by atomic mass is 16.5. The highest BCUT2D eigenvalue weighted by Gasteiger charge is 2.29. The summed E-state index contributed by atoms with van der Waals surface area (Å²) >= 11 is 0. The molecule has 0 saturated carbocycles. The van der Waals surface area contributed by atoms with Crippen LogP contribution in [-0.2, 0) is 30.7 Å². The van der Waals surface area contributed by atoms with Gasteiger partial charge in [0.2, 0.25) is 5.82 Å². The van der Waals surface area contributed by atoms with Gasteiger partial charge in [-0.3, -0.25) is 5.10 Å². The van der Waals surface area contributed by atoms with Crippen LogP contribution in [-0.4, -0.2) is 35.3 Å². The zero-order valence-electron chi connectivity index (χ0n) is 16.6. The Kier molecular flexibility index (Phi) is 4.02. The van der Waals surface area contributed by atoms with Crippen LogP contribution in [0.25, 0.3) is 23.1 Å². The minimum atomic E-state index is -0.0518. The maximum absolute atomic E-state index is 6.10. The number of aryl methyl sites for hydroxylation is 2. The summed E-state index contributed by atoms with van der Waals surface area (Å²) in [6.45, 7) is 3.07. The fourth-order valence-electron chi connectivity index (χ4n) is 4.24. The monoisotopic (exact) mass is 403 g/mol. The molecule has 3 aromatic heterocycles.